The maximum absolute atomic E-state index is 12.5. The molecule has 2 aromatic rings. The number of nitrogens with zero attached hydrogens (tertiary/aromatic N) is 3. The maximum atomic E-state index is 12.5. The first-order chi connectivity index (χ1) is 11.2. The smallest absolute Gasteiger partial charge is 0.256 e. The Bertz CT molecular complexity index is 637. The van der Waals surface area contributed by atoms with E-state index in [-0.39, 0.29) is 11.8 Å². The average Bonchev–Trinajstić information content (AvgIpc) is 3.15. The van der Waals surface area contributed by atoms with E-state index in [1.807, 2.05) is 22.4 Å². The normalized spacial score (nSPS) is 17.0. The summed E-state index contributed by atoms with van der Waals surface area (Å²) < 4.78 is 0. The summed E-state index contributed by atoms with van der Waals surface area (Å²) in [4.78, 5) is 23.5. The van der Waals surface area contributed by atoms with Gasteiger partial charge in [-0.2, -0.15) is 0 Å². The molecule has 0 unspecified atom stereocenters. The Morgan fingerprint density at radius 1 is 1.39 bits per heavy atom. The number of carbonyl (C=O) groups excluding carboxylic acids is 1. The summed E-state index contributed by atoms with van der Waals surface area (Å²) in [5.41, 5.74) is 0.501. The van der Waals surface area contributed by atoms with Crippen LogP contribution < -0.4 is 5.32 Å². The Hall–Kier alpha value is -1.99. The third-order valence-corrected chi connectivity index (χ3v) is 5.17. The van der Waals surface area contributed by atoms with Gasteiger partial charge in [-0.25, -0.2) is 9.97 Å². The number of hydrogen-bond donors (Lipinski definition) is 2. The van der Waals surface area contributed by atoms with Crippen molar-refractivity contribution in [3.63, 3.8) is 0 Å². The molecule has 0 bridgehead atoms. The molecule has 2 aromatic heterocycles. The van der Waals surface area contributed by atoms with Crippen molar-refractivity contribution < 1.29 is 9.90 Å². The molecule has 7 heteroatoms. The number of hydrogen-bond acceptors (Lipinski definition) is 6. The van der Waals surface area contributed by atoms with Gasteiger partial charge in [0.05, 0.1) is 11.7 Å². The third-order valence-electron chi connectivity index (χ3n) is 4.23. The molecule has 1 saturated heterocycles. The molecule has 6 nitrogen and oxygen atoms in total. The van der Waals surface area contributed by atoms with Crippen molar-refractivity contribution in [1.82, 2.24) is 14.9 Å². The predicted octanol–water partition coefficient (Wildman–Crippen LogP) is 2.17. The number of carbonyl (C=O) groups is 1. The Morgan fingerprint density at radius 3 is 2.65 bits per heavy atom. The van der Waals surface area contributed by atoms with E-state index in [1.54, 1.807) is 30.8 Å². The molecule has 0 aliphatic carbocycles. The molecule has 1 aliphatic rings. The van der Waals surface area contributed by atoms with Crippen LogP contribution in [0.15, 0.2) is 29.9 Å². The van der Waals surface area contributed by atoms with E-state index in [9.17, 15) is 9.90 Å². The zero-order chi connectivity index (χ0) is 16.2. The van der Waals surface area contributed by atoms with Crippen molar-refractivity contribution in [2.45, 2.75) is 18.9 Å². The van der Waals surface area contributed by atoms with Crippen LogP contribution in [-0.4, -0.2) is 46.0 Å². The number of likely N-dealkylation sites (tertiary alicyclic amines) is 1. The summed E-state index contributed by atoms with van der Waals surface area (Å²) in [6.45, 7) is 1.30. The fourth-order valence-electron chi connectivity index (χ4n) is 2.86. The van der Waals surface area contributed by atoms with E-state index in [2.05, 4.69) is 15.3 Å². The van der Waals surface area contributed by atoms with E-state index >= 15 is 0 Å². The Morgan fingerprint density at radius 2 is 2.09 bits per heavy atom. The maximum Gasteiger partial charge on any atom is 0.256 e. The highest BCUT2D eigenvalue weighted by Crippen LogP contribution is 2.33. The molecule has 122 valence electrons. The first-order valence-corrected chi connectivity index (χ1v) is 8.57. The zero-order valence-corrected chi connectivity index (χ0v) is 13.8. The minimum Gasteiger partial charge on any atom is -0.387 e. The van der Waals surface area contributed by atoms with Gasteiger partial charge in [-0.05, 0) is 30.2 Å². The number of aliphatic hydroxyl groups excluding tert-OH is 1. The van der Waals surface area contributed by atoms with E-state index in [0.29, 0.717) is 24.6 Å². The van der Waals surface area contributed by atoms with E-state index in [1.165, 1.54) is 0 Å². The highest BCUT2D eigenvalue weighted by Gasteiger charge is 2.29. The van der Waals surface area contributed by atoms with Crippen LogP contribution in [-0.2, 0) is 0 Å². The summed E-state index contributed by atoms with van der Waals surface area (Å²) in [6.07, 6.45) is 4.28. The number of thiophene rings is 1. The first kappa shape index (κ1) is 15.9. The van der Waals surface area contributed by atoms with Gasteiger partial charge in [0.15, 0.2) is 0 Å². The lowest BCUT2D eigenvalue weighted by molar-refractivity contribution is 0.0473. The van der Waals surface area contributed by atoms with E-state index < -0.39 is 6.10 Å². The van der Waals surface area contributed by atoms with Crippen LogP contribution >= 0.6 is 11.3 Å². The van der Waals surface area contributed by atoms with Crippen LogP contribution in [0.3, 0.4) is 0 Å². The topological polar surface area (TPSA) is 78.4 Å². The second kappa shape index (κ2) is 7.06. The monoisotopic (exact) mass is 332 g/mol. The molecular formula is C16H20N4O2S. The molecule has 0 aromatic carbocycles. The van der Waals surface area contributed by atoms with Crippen LogP contribution in [0, 0.1) is 5.92 Å². The van der Waals surface area contributed by atoms with Crippen molar-refractivity contribution in [2.75, 3.05) is 25.5 Å². The van der Waals surface area contributed by atoms with Crippen LogP contribution in [0.1, 0.15) is 34.2 Å². The predicted molar refractivity (Wildman–Crippen MR) is 89.5 cm³/mol. The van der Waals surface area contributed by atoms with Crippen LogP contribution in [0.4, 0.5) is 5.95 Å². The lowest BCUT2D eigenvalue weighted by Gasteiger charge is -2.34. The molecule has 0 radical (unpaired) electrons. The van der Waals surface area contributed by atoms with Gasteiger partial charge in [-0.3, -0.25) is 4.79 Å². The number of aromatic nitrogens is 2. The lowest BCUT2D eigenvalue weighted by Crippen LogP contribution is -2.39. The summed E-state index contributed by atoms with van der Waals surface area (Å²) in [7, 11) is 1.74. The van der Waals surface area contributed by atoms with Crippen molar-refractivity contribution in [2.24, 2.45) is 5.92 Å². The quantitative estimate of drug-likeness (QED) is 0.897. The first-order valence-electron chi connectivity index (χ1n) is 7.69. The minimum absolute atomic E-state index is 0.0447. The number of aliphatic hydroxyl groups is 1. The summed E-state index contributed by atoms with van der Waals surface area (Å²) in [5, 5.41) is 15.2. The fourth-order valence-corrected chi connectivity index (χ4v) is 3.66. The van der Waals surface area contributed by atoms with Crippen LogP contribution in [0.5, 0.6) is 0 Å². The van der Waals surface area contributed by atoms with Gasteiger partial charge < -0.3 is 15.3 Å². The zero-order valence-electron chi connectivity index (χ0n) is 13.0. The number of nitrogens with one attached hydrogen (secondary N) is 1. The number of anilines is 1. The van der Waals surface area contributed by atoms with E-state index in [0.717, 1.165) is 17.7 Å². The molecule has 2 N–H and O–H groups in total. The molecule has 3 rings (SSSR count). The third kappa shape index (κ3) is 3.51. The van der Waals surface area contributed by atoms with Crippen molar-refractivity contribution in [3.05, 3.63) is 40.3 Å². The van der Waals surface area contributed by atoms with Gasteiger partial charge in [0.1, 0.15) is 0 Å². The molecule has 1 atom stereocenters. The second-order valence-corrected chi connectivity index (χ2v) is 6.61. The number of amides is 1. The molecular weight excluding hydrogens is 312 g/mol. The fraction of sp³-hybridized carbons (Fsp3) is 0.438. The van der Waals surface area contributed by atoms with Gasteiger partial charge in [0.25, 0.3) is 5.91 Å². The average molecular weight is 332 g/mol. The summed E-state index contributed by atoms with van der Waals surface area (Å²) in [6, 6.07) is 3.92. The number of piperidine rings is 1. The van der Waals surface area contributed by atoms with Crippen molar-refractivity contribution >= 4 is 23.2 Å². The molecule has 0 saturated carbocycles. The Kier molecular flexibility index (Phi) is 4.88. The highest BCUT2D eigenvalue weighted by atomic mass is 32.1. The molecule has 1 fully saturated rings. The van der Waals surface area contributed by atoms with Gasteiger partial charge in [0.2, 0.25) is 5.95 Å². The van der Waals surface area contributed by atoms with Crippen LogP contribution in [0.25, 0.3) is 0 Å². The Balaban J connectivity index is 1.58. The minimum atomic E-state index is -0.425. The highest BCUT2D eigenvalue weighted by molar-refractivity contribution is 7.10. The van der Waals surface area contributed by atoms with Crippen LogP contribution in [0.2, 0.25) is 0 Å². The van der Waals surface area contributed by atoms with Gasteiger partial charge >= 0.3 is 0 Å². The molecule has 0 spiro atoms. The molecule has 1 amide bonds. The summed E-state index contributed by atoms with van der Waals surface area (Å²) >= 11 is 1.58. The standard InChI is InChI=1S/C16H20N4O2S/c1-17-16-18-9-12(10-19-16)15(22)20-6-4-11(5-7-20)14(21)13-3-2-8-23-13/h2-3,8-11,14,21H,4-7H2,1H3,(H,17,18,19)/t14-/m0/s1. The van der Waals surface area contributed by atoms with Crippen molar-refractivity contribution in [1.29, 1.82) is 0 Å². The van der Waals surface area contributed by atoms with Crippen molar-refractivity contribution in [3.8, 4) is 0 Å². The SMILES string of the molecule is CNc1ncc(C(=O)N2CCC([C@H](O)c3cccs3)CC2)cn1. The van der Waals surface area contributed by atoms with E-state index in [4.69, 9.17) is 0 Å². The number of rotatable bonds is 4. The summed E-state index contributed by atoms with van der Waals surface area (Å²) in [5.74, 6) is 0.664. The molecule has 3 heterocycles. The molecule has 1 aliphatic heterocycles. The largest absolute Gasteiger partial charge is 0.387 e. The van der Waals surface area contributed by atoms with Gasteiger partial charge in [-0.1, -0.05) is 6.07 Å². The van der Waals surface area contributed by atoms with Gasteiger partial charge in [0, 0.05) is 37.4 Å². The lowest BCUT2D eigenvalue weighted by atomic mass is 9.90. The Labute approximate surface area is 139 Å². The molecule has 23 heavy (non-hydrogen) atoms. The van der Waals surface area contributed by atoms with Gasteiger partial charge in [-0.15, -0.1) is 11.3 Å². The second-order valence-electron chi connectivity index (χ2n) is 5.64.